The summed E-state index contributed by atoms with van der Waals surface area (Å²) in [6.45, 7) is 6.24. The fraction of sp³-hybridized carbons (Fsp3) is 0.273. The van der Waals surface area contributed by atoms with E-state index in [1.165, 1.54) is 11.1 Å². The topological polar surface area (TPSA) is 51.1 Å². The van der Waals surface area contributed by atoms with Gasteiger partial charge in [-0.3, -0.25) is 4.68 Å². The maximum Gasteiger partial charge on any atom is 0.166 e. The van der Waals surface area contributed by atoms with Crippen LogP contribution in [0, 0.1) is 13.8 Å². The standard InChI is InChI=1S/C22H26N4OS/c1-16-21(17(2)26(25-16)15-19-7-5-4-6-8-19)14-24-22(28)23-13-18-9-11-20(27-3)12-10-18/h4-12H,13-15H2,1-3H3,(H2,23,24,28). The van der Waals surface area contributed by atoms with E-state index in [-0.39, 0.29) is 0 Å². The van der Waals surface area contributed by atoms with Gasteiger partial charge in [0.2, 0.25) is 0 Å². The molecular weight excluding hydrogens is 368 g/mol. The van der Waals surface area contributed by atoms with E-state index in [0.29, 0.717) is 18.2 Å². The predicted octanol–water partition coefficient (Wildman–Crippen LogP) is 3.72. The minimum Gasteiger partial charge on any atom is -0.497 e. The summed E-state index contributed by atoms with van der Waals surface area (Å²) in [4.78, 5) is 0. The lowest BCUT2D eigenvalue weighted by Crippen LogP contribution is -2.34. The van der Waals surface area contributed by atoms with Gasteiger partial charge >= 0.3 is 0 Å². The van der Waals surface area contributed by atoms with E-state index in [0.717, 1.165) is 29.2 Å². The van der Waals surface area contributed by atoms with Gasteiger partial charge in [0.15, 0.2) is 5.11 Å². The summed E-state index contributed by atoms with van der Waals surface area (Å²) >= 11 is 5.43. The van der Waals surface area contributed by atoms with Crippen molar-refractivity contribution in [3.05, 3.63) is 82.7 Å². The Morgan fingerprint density at radius 2 is 1.64 bits per heavy atom. The van der Waals surface area contributed by atoms with E-state index in [9.17, 15) is 0 Å². The Bertz CT molecular complexity index is 920. The fourth-order valence-electron chi connectivity index (χ4n) is 3.06. The highest BCUT2D eigenvalue weighted by Gasteiger charge is 2.12. The van der Waals surface area contributed by atoms with E-state index in [4.69, 9.17) is 22.1 Å². The number of hydrogen-bond donors (Lipinski definition) is 2. The molecule has 0 spiro atoms. The number of thiocarbonyl (C=S) groups is 1. The van der Waals surface area contributed by atoms with Gasteiger partial charge in [-0.05, 0) is 49.3 Å². The van der Waals surface area contributed by atoms with Gasteiger partial charge in [-0.1, -0.05) is 42.5 Å². The Hall–Kier alpha value is -2.86. The van der Waals surface area contributed by atoms with E-state index in [2.05, 4.69) is 46.5 Å². The molecule has 5 nitrogen and oxygen atoms in total. The largest absolute Gasteiger partial charge is 0.497 e. The number of rotatable bonds is 7. The molecule has 3 aromatic rings. The summed E-state index contributed by atoms with van der Waals surface area (Å²) in [7, 11) is 1.66. The smallest absolute Gasteiger partial charge is 0.166 e. The molecule has 28 heavy (non-hydrogen) atoms. The number of aryl methyl sites for hydroxylation is 1. The number of aromatic nitrogens is 2. The molecule has 0 radical (unpaired) electrons. The van der Waals surface area contributed by atoms with Crippen LogP contribution < -0.4 is 15.4 Å². The highest BCUT2D eigenvalue weighted by Crippen LogP contribution is 2.15. The molecule has 0 bridgehead atoms. The summed E-state index contributed by atoms with van der Waals surface area (Å²) in [5.41, 5.74) is 5.76. The lowest BCUT2D eigenvalue weighted by atomic mass is 10.2. The molecule has 0 saturated heterocycles. The zero-order valence-corrected chi connectivity index (χ0v) is 17.3. The molecule has 2 aromatic carbocycles. The average Bonchev–Trinajstić information content (AvgIpc) is 2.98. The van der Waals surface area contributed by atoms with Crippen molar-refractivity contribution in [3.63, 3.8) is 0 Å². The van der Waals surface area contributed by atoms with Crippen molar-refractivity contribution in [1.82, 2.24) is 20.4 Å². The van der Waals surface area contributed by atoms with E-state index in [1.807, 2.05) is 37.3 Å². The summed E-state index contributed by atoms with van der Waals surface area (Å²) in [5, 5.41) is 11.9. The molecule has 0 fully saturated rings. The SMILES string of the molecule is COc1ccc(CNC(=S)NCc2c(C)nn(Cc3ccccc3)c2C)cc1. The van der Waals surface area contributed by atoms with Crippen LogP contribution in [0.2, 0.25) is 0 Å². The molecule has 146 valence electrons. The van der Waals surface area contributed by atoms with E-state index >= 15 is 0 Å². The van der Waals surface area contributed by atoms with Crippen molar-refractivity contribution >= 4 is 17.3 Å². The van der Waals surface area contributed by atoms with Gasteiger partial charge in [0.05, 0.1) is 19.3 Å². The number of benzene rings is 2. The molecule has 2 N–H and O–H groups in total. The molecule has 0 unspecified atom stereocenters. The molecule has 0 amide bonds. The molecular formula is C22H26N4OS. The van der Waals surface area contributed by atoms with Crippen molar-refractivity contribution in [2.75, 3.05) is 7.11 Å². The lowest BCUT2D eigenvalue weighted by molar-refractivity contribution is 0.414. The summed E-state index contributed by atoms with van der Waals surface area (Å²) in [5.74, 6) is 0.850. The Balaban J connectivity index is 1.54. The van der Waals surface area contributed by atoms with Gasteiger partial charge in [0.25, 0.3) is 0 Å². The Morgan fingerprint density at radius 1 is 0.964 bits per heavy atom. The average molecular weight is 395 g/mol. The van der Waals surface area contributed by atoms with Crippen molar-refractivity contribution in [1.29, 1.82) is 0 Å². The summed E-state index contributed by atoms with van der Waals surface area (Å²) in [6.07, 6.45) is 0. The molecule has 0 aliphatic carbocycles. The first-order chi connectivity index (χ1) is 13.6. The van der Waals surface area contributed by atoms with Crippen LogP contribution >= 0.6 is 12.2 Å². The maximum absolute atomic E-state index is 5.43. The number of nitrogens with zero attached hydrogens (tertiary/aromatic N) is 2. The molecule has 0 aliphatic heterocycles. The number of methoxy groups -OCH3 is 1. The quantitative estimate of drug-likeness (QED) is 0.598. The Labute approximate surface area is 171 Å². The maximum atomic E-state index is 5.43. The summed E-state index contributed by atoms with van der Waals surface area (Å²) in [6, 6.07) is 18.3. The van der Waals surface area contributed by atoms with E-state index < -0.39 is 0 Å². The summed E-state index contributed by atoms with van der Waals surface area (Å²) < 4.78 is 7.23. The lowest BCUT2D eigenvalue weighted by Gasteiger charge is -2.11. The van der Waals surface area contributed by atoms with Crippen LogP contribution in [0.5, 0.6) is 5.75 Å². The van der Waals surface area contributed by atoms with Crippen LogP contribution in [0.3, 0.4) is 0 Å². The number of hydrogen-bond acceptors (Lipinski definition) is 3. The zero-order valence-electron chi connectivity index (χ0n) is 16.5. The first-order valence-electron chi connectivity index (χ1n) is 9.28. The van der Waals surface area contributed by atoms with Gasteiger partial charge in [-0.25, -0.2) is 0 Å². The third-order valence-corrected chi connectivity index (χ3v) is 5.03. The monoisotopic (exact) mass is 394 g/mol. The molecule has 0 saturated carbocycles. The van der Waals surface area contributed by atoms with Gasteiger partial charge in [-0.15, -0.1) is 0 Å². The van der Waals surface area contributed by atoms with Gasteiger partial charge in [0, 0.05) is 24.3 Å². The van der Waals surface area contributed by atoms with Crippen LogP contribution in [-0.2, 0) is 19.6 Å². The minimum atomic E-state index is 0.630. The van der Waals surface area contributed by atoms with Crippen LogP contribution in [0.15, 0.2) is 54.6 Å². The fourth-order valence-corrected chi connectivity index (χ4v) is 3.20. The van der Waals surface area contributed by atoms with Crippen LogP contribution in [0.1, 0.15) is 28.1 Å². The Kier molecular flexibility index (Phi) is 6.66. The van der Waals surface area contributed by atoms with Crippen LogP contribution in [-0.4, -0.2) is 22.0 Å². The van der Waals surface area contributed by atoms with Crippen molar-refractivity contribution in [2.24, 2.45) is 0 Å². The molecule has 0 atom stereocenters. The van der Waals surface area contributed by atoms with Crippen molar-refractivity contribution < 1.29 is 4.74 Å². The van der Waals surface area contributed by atoms with Crippen LogP contribution in [0.4, 0.5) is 0 Å². The second kappa shape index (κ2) is 9.37. The highest BCUT2D eigenvalue weighted by atomic mass is 32.1. The molecule has 6 heteroatoms. The molecule has 3 rings (SSSR count). The number of ether oxygens (including phenoxy) is 1. The normalized spacial score (nSPS) is 10.5. The van der Waals surface area contributed by atoms with Gasteiger partial charge < -0.3 is 15.4 Å². The molecule has 1 heterocycles. The minimum absolute atomic E-state index is 0.630. The van der Waals surface area contributed by atoms with E-state index in [1.54, 1.807) is 7.11 Å². The second-order valence-corrected chi connectivity index (χ2v) is 7.09. The van der Waals surface area contributed by atoms with Gasteiger partial charge in [0.1, 0.15) is 5.75 Å². The molecule has 0 aliphatic rings. The van der Waals surface area contributed by atoms with Gasteiger partial charge in [-0.2, -0.15) is 5.10 Å². The number of nitrogens with one attached hydrogen (secondary N) is 2. The third-order valence-electron chi connectivity index (χ3n) is 4.74. The first kappa shape index (κ1) is 19.9. The first-order valence-corrected chi connectivity index (χ1v) is 9.69. The van der Waals surface area contributed by atoms with Crippen molar-refractivity contribution in [2.45, 2.75) is 33.5 Å². The molecule has 1 aromatic heterocycles. The Morgan fingerprint density at radius 3 is 2.32 bits per heavy atom. The third kappa shape index (κ3) is 5.10. The second-order valence-electron chi connectivity index (χ2n) is 6.68. The van der Waals surface area contributed by atoms with Crippen molar-refractivity contribution in [3.8, 4) is 5.75 Å². The van der Waals surface area contributed by atoms with Crippen LogP contribution in [0.25, 0.3) is 0 Å². The highest BCUT2D eigenvalue weighted by molar-refractivity contribution is 7.80. The zero-order chi connectivity index (χ0) is 19.9. The predicted molar refractivity (Wildman–Crippen MR) is 117 cm³/mol.